The summed E-state index contributed by atoms with van der Waals surface area (Å²) in [5.41, 5.74) is 2.75. The highest BCUT2D eigenvalue weighted by molar-refractivity contribution is 9.10. The van der Waals surface area contributed by atoms with Crippen LogP contribution in [0.3, 0.4) is 0 Å². The lowest BCUT2D eigenvalue weighted by atomic mass is 10.1. The molecule has 0 unspecified atom stereocenters. The van der Waals surface area contributed by atoms with Gasteiger partial charge in [0.2, 0.25) is 5.88 Å². The predicted octanol–water partition coefficient (Wildman–Crippen LogP) is 7.50. The van der Waals surface area contributed by atoms with E-state index in [1.807, 2.05) is 20.8 Å². The maximum atomic E-state index is 13.6. The van der Waals surface area contributed by atoms with Gasteiger partial charge in [0.1, 0.15) is 23.4 Å². The van der Waals surface area contributed by atoms with E-state index in [4.69, 9.17) is 9.72 Å². The number of nitrogens with zero attached hydrogens (tertiary/aromatic N) is 7. The zero-order valence-electron chi connectivity index (χ0n) is 25.2. The number of methoxy groups -OCH3 is 1. The monoisotopic (exact) mass is 681 g/mol. The van der Waals surface area contributed by atoms with Crippen LogP contribution in [-0.4, -0.2) is 41.2 Å². The molecule has 0 amide bonds. The number of hydrogen-bond donors (Lipinski definition) is 0. The molecule has 0 N–H and O–H groups in total. The van der Waals surface area contributed by atoms with Gasteiger partial charge in [0.05, 0.1) is 23.8 Å². The third-order valence-corrected chi connectivity index (χ3v) is 8.86. The summed E-state index contributed by atoms with van der Waals surface area (Å²) < 4.78 is 49.4. The van der Waals surface area contributed by atoms with E-state index < -0.39 is 11.9 Å². The fourth-order valence-corrected chi connectivity index (χ4v) is 5.76. The fraction of sp³-hybridized carbons (Fsp3) is 0.375. The molecule has 0 spiro atoms. The molecule has 2 saturated carbocycles. The van der Waals surface area contributed by atoms with Crippen molar-refractivity contribution in [3.8, 4) is 28.7 Å². The molecule has 1 aromatic carbocycles. The number of imidazole rings is 1. The average Bonchev–Trinajstić information content (AvgIpc) is 4.00. The number of aryl methyl sites for hydroxylation is 1. The SMILES string of the molecule is CC.COc1ncnc(C2CC2)c1-c1ncc2c(C)c(Br)c(=O)n(Cc3ccc(-c4nc(C(F)(F)F)cn4C4CC4)cc3)c2n1. The Morgan fingerprint density at radius 2 is 1.73 bits per heavy atom. The number of aromatic nitrogens is 7. The van der Waals surface area contributed by atoms with Crippen molar-refractivity contribution >= 4 is 27.0 Å². The van der Waals surface area contributed by atoms with Gasteiger partial charge in [-0.3, -0.25) is 9.36 Å². The Labute approximate surface area is 265 Å². The summed E-state index contributed by atoms with van der Waals surface area (Å²) >= 11 is 3.45. The third kappa shape index (κ3) is 5.85. The molecule has 2 aliphatic rings. The van der Waals surface area contributed by atoms with E-state index in [-0.39, 0.29) is 29.9 Å². The molecule has 0 atom stereocenters. The number of pyridine rings is 1. The van der Waals surface area contributed by atoms with E-state index in [0.29, 0.717) is 43.9 Å². The van der Waals surface area contributed by atoms with Crippen molar-refractivity contribution in [2.45, 2.75) is 71.1 Å². The van der Waals surface area contributed by atoms with E-state index in [0.717, 1.165) is 43.1 Å². The van der Waals surface area contributed by atoms with Crippen LogP contribution in [0.2, 0.25) is 0 Å². The molecule has 7 rings (SSSR count). The number of rotatable bonds is 7. The van der Waals surface area contributed by atoms with Crippen molar-refractivity contribution in [1.82, 2.24) is 34.1 Å². The van der Waals surface area contributed by atoms with Crippen LogP contribution in [0.4, 0.5) is 13.2 Å². The lowest BCUT2D eigenvalue weighted by Crippen LogP contribution is -2.24. The lowest BCUT2D eigenvalue weighted by Gasteiger charge is -2.15. The summed E-state index contributed by atoms with van der Waals surface area (Å²) in [4.78, 5) is 35.7. The van der Waals surface area contributed by atoms with Gasteiger partial charge in [0.25, 0.3) is 5.56 Å². The van der Waals surface area contributed by atoms with Crippen LogP contribution in [0.25, 0.3) is 33.8 Å². The summed E-state index contributed by atoms with van der Waals surface area (Å²) in [7, 11) is 1.53. The van der Waals surface area contributed by atoms with Gasteiger partial charge in [-0.15, -0.1) is 0 Å². The van der Waals surface area contributed by atoms with Crippen LogP contribution < -0.4 is 10.3 Å². The summed E-state index contributed by atoms with van der Waals surface area (Å²) in [5.74, 6) is 1.29. The minimum atomic E-state index is -4.52. The van der Waals surface area contributed by atoms with Gasteiger partial charge in [-0.05, 0) is 59.7 Å². The van der Waals surface area contributed by atoms with Gasteiger partial charge in [-0.1, -0.05) is 38.1 Å². The Hall–Kier alpha value is -4.13. The van der Waals surface area contributed by atoms with Crippen LogP contribution in [-0.2, 0) is 12.7 Å². The highest BCUT2D eigenvalue weighted by Gasteiger charge is 2.37. The maximum Gasteiger partial charge on any atom is 0.434 e. The largest absolute Gasteiger partial charge is 0.480 e. The second-order valence-corrected chi connectivity index (χ2v) is 11.8. The first-order valence-corrected chi connectivity index (χ1v) is 15.6. The summed E-state index contributed by atoms with van der Waals surface area (Å²) in [6, 6.07) is 7.09. The second kappa shape index (κ2) is 12.0. The first-order valence-electron chi connectivity index (χ1n) is 14.8. The van der Waals surface area contributed by atoms with E-state index in [2.05, 4.69) is 35.9 Å². The Morgan fingerprint density at radius 1 is 1.02 bits per heavy atom. The Morgan fingerprint density at radius 3 is 2.36 bits per heavy atom. The van der Waals surface area contributed by atoms with E-state index in [1.165, 1.54) is 13.4 Å². The van der Waals surface area contributed by atoms with E-state index in [9.17, 15) is 18.0 Å². The van der Waals surface area contributed by atoms with Crippen molar-refractivity contribution in [3.63, 3.8) is 0 Å². The van der Waals surface area contributed by atoms with Crippen LogP contribution in [0.1, 0.15) is 74.0 Å². The summed E-state index contributed by atoms with van der Waals surface area (Å²) in [6.07, 6.45) is 3.39. The normalized spacial score (nSPS) is 14.8. The molecule has 0 saturated heterocycles. The first-order chi connectivity index (χ1) is 21.6. The van der Waals surface area contributed by atoms with Crippen molar-refractivity contribution in [2.24, 2.45) is 0 Å². The maximum absolute atomic E-state index is 13.6. The average molecular weight is 683 g/mol. The fourth-order valence-electron chi connectivity index (χ4n) is 5.33. The first kappa shape index (κ1) is 30.9. The molecule has 0 aliphatic heterocycles. The zero-order chi connectivity index (χ0) is 32.0. The highest BCUT2D eigenvalue weighted by atomic mass is 79.9. The van der Waals surface area contributed by atoms with Crippen LogP contribution in [0.5, 0.6) is 5.88 Å². The standard InChI is InChI=1S/C30H25BrF3N7O2.C2H6/c1-15-20-11-35-25(22-24(17-7-8-17)36-14-37-28(22)43-2)39-27(20)41(29(42)23(15)31)12-16-3-5-18(6-4-16)26-38-21(30(32,33)34)13-40(26)19-9-10-19;1-2/h3-6,11,13-14,17,19H,7-10,12H2,1-2H3;1-2H3. The molecular weight excluding hydrogens is 651 g/mol. The number of alkyl halides is 3. The Bertz CT molecular complexity index is 1950. The van der Waals surface area contributed by atoms with Gasteiger partial charge in [0.15, 0.2) is 11.5 Å². The molecule has 4 heterocycles. The summed E-state index contributed by atoms with van der Waals surface area (Å²) in [6.45, 7) is 6.00. The molecule has 4 aromatic heterocycles. The lowest BCUT2D eigenvalue weighted by molar-refractivity contribution is -0.140. The Balaban J connectivity index is 0.00000175. The van der Waals surface area contributed by atoms with E-state index >= 15 is 0 Å². The Kier molecular flexibility index (Phi) is 8.23. The molecule has 0 radical (unpaired) electrons. The second-order valence-electron chi connectivity index (χ2n) is 11.0. The molecule has 13 heteroatoms. The van der Waals surface area contributed by atoms with Crippen LogP contribution in [0.15, 0.2) is 52.3 Å². The predicted molar refractivity (Wildman–Crippen MR) is 167 cm³/mol. The van der Waals surface area contributed by atoms with E-state index in [1.54, 1.807) is 39.6 Å². The van der Waals surface area contributed by atoms with Crippen molar-refractivity contribution in [3.05, 3.63) is 80.3 Å². The highest BCUT2D eigenvalue weighted by Crippen LogP contribution is 2.45. The minimum Gasteiger partial charge on any atom is -0.480 e. The molecule has 2 fully saturated rings. The molecule has 5 aromatic rings. The quantitative estimate of drug-likeness (QED) is 0.175. The smallest absolute Gasteiger partial charge is 0.434 e. The number of fused-ring (bicyclic) bond motifs is 1. The van der Waals surface area contributed by atoms with Crippen molar-refractivity contribution in [2.75, 3.05) is 7.11 Å². The topological polar surface area (TPSA) is 101 Å². The van der Waals surface area contributed by atoms with Gasteiger partial charge in [-0.25, -0.2) is 24.9 Å². The van der Waals surface area contributed by atoms with Crippen molar-refractivity contribution in [1.29, 1.82) is 0 Å². The number of benzene rings is 1. The third-order valence-electron chi connectivity index (χ3n) is 7.93. The van der Waals surface area contributed by atoms with Crippen molar-refractivity contribution < 1.29 is 17.9 Å². The molecule has 45 heavy (non-hydrogen) atoms. The van der Waals surface area contributed by atoms with Crippen LogP contribution in [0, 0.1) is 6.92 Å². The molecule has 9 nitrogen and oxygen atoms in total. The molecule has 2 aliphatic carbocycles. The zero-order valence-corrected chi connectivity index (χ0v) is 26.8. The van der Waals surface area contributed by atoms with Gasteiger partial charge in [0, 0.05) is 35.3 Å². The molecule has 0 bridgehead atoms. The number of ether oxygens (including phenoxy) is 1. The number of halogens is 4. The van der Waals surface area contributed by atoms with Gasteiger partial charge < -0.3 is 9.30 Å². The van der Waals surface area contributed by atoms with Gasteiger partial charge in [-0.2, -0.15) is 13.2 Å². The van der Waals surface area contributed by atoms with Crippen LogP contribution >= 0.6 is 15.9 Å². The molecular formula is C32H31BrF3N7O2. The van der Waals surface area contributed by atoms with Gasteiger partial charge >= 0.3 is 6.18 Å². The summed E-state index contributed by atoms with van der Waals surface area (Å²) in [5, 5.41) is 0.696. The molecule has 234 valence electrons. The number of hydrogen-bond acceptors (Lipinski definition) is 7. The minimum absolute atomic E-state index is 0.0241.